The van der Waals surface area contributed by atoms with E-state index in [9.17, 15) is 25.5 Å². The van der Waals surface area contributed by atoms with Crippen LogP contribution >= 0.6 is 0 Å². The zero-order valence-electron chi connectivity index (χ0n) is 13.4. The number of ether oxygens (including phenoxy) is 2. The predicted octanol–water partition coefficient (Wildman–Crippen LogP) is -0.132. The Balaban J connectivity index is 2.21. The van der Waals surface area contributed by atoms with Crippen LogP contribution in [0.25, 0.3) is 0 Å². The van der Waals surface area contributed by atoms with Gasteiger partial charge < -0.3 is 35.0 Å². The summed E-state index contributed by atoms with van der Waals surface area (Å²) in [6.07, 6.45) is -6.68. The molecule has 23 heavy (non-hydrogen) atoms. The van der Waals surface area contributed by atoms with Gasteiger partial charge in [0.25, 0.3) is 0 Å². The Bertz CT molecular complexity index is 538. The third kappa shape index (κ3) is 3.76. The predicted molar refractivity (Wildman–Crippen MR) is 81.2 cm³/mol. The molecule has 1 aliphatic rings. The number of phenols is 1. The molecule has 7 nitrogen and oxygen atoms in total. The minimum Gasteiger partial charge on any atom is -0.508 e. The summed E-state index contributed by atoms with van der Waals surface area (Å²) in [7, 11) is 0. The number of phenolic OH excluding ortho intramolecular Hbond substituents is 1. The van der Waals surface area contributed by atoms with Crippen LogP contribution in [0.1, 0.15) is 26.3 Å². The molecule has 1 fully saturated rings. The van der Waals surface area contributed by atoms with E-state index >= 15 is 0 Å². The first kappa shape index (κ1) is 18.0. The summed E-state index contributed by atoms with van der Waals surface area (Å²) in [6.45, 7) is 5.27. The standard InChI is InChI=1S/C16H24O7/c1-16(2,3)9-6-8(4-5-10(9)18)22-15-14(21)13(20)12(19)11(7-17)23-15/h4-6,11-15,17-21H,7H2,1-3H3/t11-,12-,13+,14-,15-/m1/s1. The summed E-state index contributed by atoms with van der Waals surface area (Å²) < 4.78 is 10.8. The van der Waals surface area contributed by atoms with Crippen molar-refractivity contribution in [3.05, 3.63) is 23.8 Å². The number of hydrogen-bond acceptors (Lipinski definition) is 7. The van der Waals surface area contributed by atoms with Gasteiger partial charge in [-0.3, -0.25) is 0 Å². The van der Waals surface area contributed by atoms with Crippen LogP contribution in [0.2, 0.25) is 0 Å². The number of aromatic hydroxyl groups is 1. The fraction of sp³-hybridized carbons (Fsp3) is 0.625. The Morgan fingerprint density at radius 3 is 2.30 bits per heavy atom. The van der Waals surface area contributed by atoms with Gasteiger partial charge in [-0.05, 0) is 23.6 Å². The summed E-state index contributed by atoms with van der Waals surface area (Å²) in [5.41, 5.74) is 0.332. The Kier molecular flexibility index (Phi) is 5.17. The molecule has 0 bridgehead atoms. The van der Waals surface area contributed by atoms with Gasteiger partial charge in [-0.15, -0.1) is 0 Å². The topological polar surface area (TPSA) is 120 Å². The van der Waals surface area contributed by atoms with Gasteiger partial charge in [-0.1, -0.05) is 20.8 Å². The smallest absolute Gasteiger partial charge is 0.229 e. The van der Waals surface area contributed by atoms with Gasteiger partial charge in [-0.25, -0.2) is 0 Å². The fourth-order valence-corrected chi connectivity index (χ4v) is 2.49. The average Bonchev–Trinajstić information content (AvgIpc) is 2.48. The third-order valence-corrected chi connectivity index (χ3v) is 3.88. The fourth-order valence-electron chi connectivity index (χ4n) is 2.49. The molecule has 5 N–H and O–H groups in total. The van der Waals surface area contributed by atoms with Crippen molar-refractivity contribution in [1.29, 1.82) is 0 Å². The Labute approximate surface area is 134 Å². The molecule has 0 unspecified atom stereocenters. The maximum atomic E-state index is 9.98. The monoisotopic (exact) mass is 328 g/mol. The first-order valence-corrected chi connectivity index (χ1v) is 7.46. The lowest BCUT2D eigenvalue weighted by Crippen LogP contribution is -2.60. The van der Waals surface area contributed by atoms with Crippen LogP contribution in [-0.2, 0) is 10.2 Å². The molecule has 1 aliphatic heterocycles. The van der Waals surface area contributed by atoms with Gasteiger partial charge >= 0.3 is 0 Å². The Morgan fingerprint density at radius 2 is 1.74 bits per heavy atom. The molecule has 7 heteroatoms. The molecule has 130 valence electrons. The molecule has 5 atom stereocenters. The van der Waals surface area contributed by atoms with Crippen LogP contribution < -0.4 is 4.74 Å². The lowest BCUT2D eigenvalue weighted by molar-refractivity contribution is -0.277. The first-order valence-electron chi connectivity index (χ1n) is 7.46. The van der Waals surface area contributed by atoms with E-state index in [1.165, 1.54) is 12.1 Å². The van der Waals surface area contributed by atoms with Gasteiger partial charge in [0, 0.05) is 5.56 Å². The minimum absolute atomic E-state index is 0.124. The normalized spacial score (nSPS) is 31.9. The van der Waals surface area contributed by atoms with E-state index in [0.717, 1.165) is 0 Å². The summed E-state index contributed by atoms with van der Waals surface area (Å²) in [5, 5.41) is 48.6. The average molecular weight is 328 g/mol. The van der Waals surface area contributed by atoms with Crippen LogP contribution in [0.3, 0.4) is 0 Å². The molecule has 1 aromatic rings. The summed E-state index contributed by atoms with van der Waals surface area (Å²) in [5.74, 6) is 0.454. The lowest BCUT2D eigenvalue weighted by Gasteiger charge is -2.39. The van der Waals surface area contributed by atoms with E-state index in [-0.39, 0.29) is 11.2 Å². The number of rotatable bonds is 3. The van der Waals surface area contributed by atoms with Crippen molar-refractivity contribution < 1.29 is 35.0 Å². The van der Waals surface area contributed by atoms with E-state index in [0.29, 0.717) is 11.3 Å². The highest BCUT2D eigenvalue weighted by Gasteiger charge is 2.44. The SMILES string of the molecule is CC(C)(C)c1cc(O[C@@H]2O[C@H](CO)[C@@H](O)[C@H](O)[C@H]2O)ccc1O. The van der Waals surface area contributed by atoms with E-state index in [4.69, 9.17) is 9.47 Å². The Hall–Kier alpha value is -1.38. The zero-order valence-corrected chi connectivity index (χ0v) is 13.4. The van der Waals surface area contributed by atoms with Crippen LogP contribution in [0.5, 0.6) is 11.5 Å². The second-order valence-corrected chi connectivity index (χ2v) is 6.74. The molecule has 2 rings (SSSR count). The molecule has 1 aromatic carbocycles. The second kappa shape index (κ2) is 6.62. The molecule has 0 aromatic heterocycles. The van der Waals surface area contributed by atoms with Crippen molar-refractivity contribution >= 4 is 0 Å². The molecule has 1 heterocycles. The van der Waals surface area contributed by atoms with Crippen LogP contribution in [-0.4, -0.2) is 62.8 Å². The van der Waals surface area contributed by atoms with E-state index in [1.807, 2.05) is 20.8 Å². The van der Waals surface area contributed by atoms with Crippen LogP contribution in [0.4, 0.5) is 0 Å². The van der Waals surface area contributed by atoms with Gasteiger partial charge in [0.1, 0.15) is 35.9 Å². The molecule has 0 amide bonds. The number of aliphatic hydroxyl groups is 4. The molecular weight excluding hydrogens is 304 g/mol. The number of benzene rings is 1. The quantitative estimate of drug-likeness (QED) is 0.524. The molecule has 1 saturated heterocycles. The van der Waals surface area contributed by atoms with Gasteiger partial charge in [0.15, 0.2) is 0 Å². The summed E-state index contributed by atoms with van der Waals surface area (Å²) in [4.78, 5) is 0. The van der Waals surface area contributed by atoms with E-state index in [1.54, 1.807) is 6.07 Å². The number of aliphatic hydroxyl groups excluding tert-OH is 4. The molecule has 0 spiro atoms. The summed E-state index contributed by atoms with van der Waals surface area (Å²) in [6, 6.07) is 4.60. The number of hydrogen-bond donors (Lipinski definition) is 5. The first-order chi connectivity index (χ1) is 10.6. The molecule has 0 saturated carbocycles. The molecular formula is C16H24O7. The van der Waals surface area contributed by atoms with Gasteiger partial charge in [-0.2, -0.15) is 0 Å². The highest BCUT2D eigenvalue weighted by atomic mass is 16.7. The van der Waals surface area contributed by atoms with Crippen LogP contribution in [0, 0.1) is 0 Å². The van der Waals surface area contributed by atoms with E-state index in [2.05, 4.69) is 0 Å². The minimum atomic E-state index is -1.50. The summed E-state index contributed by atoms with van der Waals surface area (Å²) >= 11 is 0. The highest BCUT2D eigenvalue weighted by Crippen LogP contribution is 2.34. The van der Waals surface area contributed by atoms with Crippen molar-refractivity contribution in [2.75, 3.05) is 6.61 Å². The van der Waals surface area contributed by atoms with Crippen molar-refractivity contribution in [3.63, 3.8) is 0 Å². The van der Waals surface area contributed by atoms with Crippen molar-refractivity contribution in [2.45, 2.75) is 56.9 Å². The third-order valence-electron chi connectivity index (χ3n) is 3.88. The molecule has 0 radical (unpaired) electrons. The van der Waals surface area contributed by atoms with Crippen molar-refractivity contribution in [2.24, 2.45) is 0 Å². The Morgan fingerprint density at radius 1 is 1.09 bits per heavy atom. The maximum absolute atomic E-state index is 9.98. The largest absolute Gasteiger partial charge is 0.508 e. The molecule has 0 aliphatic carbocycles. The lowest BCUT2D eigenvalue weighted by atomic mass is 9.86. The van der Waals surface area contributed by atoms with Gasteiger partial charge in [0.05, 0.1) is 6.61 Å². The highest BCUT2D eigenvalue weighted by molar-refractivity contribution is 5.43. The zero-order chi connectivity index (χ0) is 17.4. The van der Waals surface area contributed by atoms with E-state index < -0.39 is 37.3 Å². The van der Waals surface area contributed by atoms with Crippen molar-refractivity contribution in [1.82, 2.24) is 0 Å². The maximum Gasteiger partial charge on any atom is 0.229 e. The van der Waals surface area contributed by atoms with Crippen LogP contribution in [0.15, 0.2) is 18.2 Å². The van der Waals surface area contributed by atoms with Gasteiger partial charge in [0.2, 0.25) is 6.29 Å². The van der Waals surface area contributed by atoms with Crippen molar-refractivity contribution in [3.8, 4) is 11.5 Å². The second-order valence-electron chi connectivity index (χ2n) is 6.74.